The largest absolute Gasteiger partial charge is 0.462 e. The maximum Gasteiger partial charge on any atom is 0.340 e. The second-order valence-corrected chi connectivity index (χ2v) is 17.0. The summed E-state index contributed by atoms with van der Waals surface area (Å²) in [5, 5.41) is 14.0. The number of anilines is 1. The Bertz CT molecular complexity index is 1710. The van der Waals surface area contributed by atoms with Gasteiger partial charge in [-0.05, 0) is 50.8 Å². The lowest BCUT2D eigenvalue weighted by Gasteiger charge is -2.70. The van der Waals surface area contributed by atoms with Crippen molar-refractivity contribution < 1.29 is 52.7 Å². The van der Waals surface area contributed by atoms with Crippen molar-refractivity contribution in [3.63, 3.8) is 0 Å². The zero-order chi connectivity index (χ0) is 38.5. The number of methoxy groups -OCH3 is 3. The van der Waals surface area contributed by atoms with Crippen LogP contribution in [-0.4, -0.2) is 123 Å². The number of amides is 2. The van der Waals surface area contributed by atoms with Crippen molar-refractivity contribution in [2.75, 3.05) is 52.5 Å². The summed E-state index contributed by atoms with van der Waals surface area (Å²) in [4.78, 5) is 56.8. The molecule has 2 amide bonds. The number of carbonyl (C=O) groups is 4. The number of likely N-dealkylation sites (tertiary alicyclic amines) is 1. The highest BCUT2D eigenvalue weighted by Gasteiger charge is 2.92. The van der Waals surface area contributed by atoms with Crippen LogP contribution in [0.2, 0.25) is 0 Å². The average Bonchev–Trinajstić information content (AvgIpc) is 3.67. The molecule has 2 aliphatic heterocycles. The number of fused-ring (bicyclic) bond motifs is 2. The molecule has 0 aromatic heterocycles. The number of para-hydroxylation sites is 1. The monoisotopic (exact) mass is 752 g/mol. The topological polar surface area (TPSA) is 150 Å². The molecule has 8 rings (SSSR count). The highest BCUT2D eigenvalue weighted by molar-refractivity contribution is 6.22. The number of likely N-dealkylation sites (N-methyl/N-ethyl adjacent to an activating group) is 1. The normalized spacial score (nSPS) is 44.5. The van der Waals surface area contributed by atoms with Gasteiger partial charge in [-0.3, -0.25) is 19.3 Å². The van der Waals surface area contributed by atoms with Gasteiger partial charge in [0.25, 0.3) is 0 Å². The zero-order valence-electron chi connectivity index (χ0n) is 32.6. The molecule has 13 heteroatoms. The van der Waals surface area contributed by atoms with Crippen molar-refractivity contribution in [3.05, 3.63) is 29.8 Å². The summed E-state index contributed by atoms with van der Waals surface area (Å²) >= 11 is 0. The molecule has 0 unspecified atom stereocenters. The van der Waals surface area contributed by atoms with Crippen molar-refractivity contribution in [3.8, 4) is 0 Å². The number of rotatable bonds is 12. The maximum absolute atomic E-state index is 14.2. The van der Waals surface area contributed by atoms with E-state index in [-0.39, 0.29) is 84.4 Å². The summed E-state index contributed by atoms with van der Waals surface area (Å²) < 4.78 is 39.1. The first-order valence-corrected chi connectivity index (χ1v) is 19.9. The molecule has 2 saturated heterocycles. The first-order valence-electron chi connectivity index (χ1n) is 19.9. The Morgan fingerprint density at radius 1 is 1.04 bits per heavy atom. The fourth-order valence-electron chi connectivity index (χ4n) is 13.7. The number of carbonyl (C=O) groups excluding carboxylic acids is 4. The van der Waals surface area contributed by atoms with Crippen LogP contribution < -0.4 is 4.90 Å². The maximum atomic E-state index is 14.2. The predicted octanol–water partition coefficient (Wildman–Crippen LogP) is 3.39. The van der Waals surface area contributed by atoms with E-state index in [2.05, 4.69) is 11.8 Å². The van der Waals surface area contributed by atoms with Crippen LogP contribution in [0.3, 0.4) is 0 Å². The van der Waals surface area contributed by atoms with E-state index in [4.69, 9.17) is 28.4 Å². The van der Waals surface area contributed by atoms with E-state index in [9.17, 15) is 24.3 Å². The number of hydrogen-bond acceptors (Lipinski definition) is 12. The Hall–Kier alpha value is -2.94. The third-order valence-corrected chi connectivity index (χ3v) is 15.2. The van der Waals surface area contributed by atoms with Crippen LogP contribution in [0.15, 0.2) is 24.3 Å². The van der Waals surface area contributed by atoms with Crippen LogP contribution >= 0.6 is 0 Å². The molecule has 2 heterocycles. The smallest absolute Gasteiger partial charge is 0.340 e. The third-order valence-electron chi connectivity index (χ3n) is 15.2. The molecule has 5 aliphatic carbocycles. The van der Waals surface area contributed by atoms with E-state index in [1.54, 1.807) is 59.4 Å². The second kappa shape index (κ2) is 13.3. The molecule has 1 aromatic carbocycles. The summed E-state index contributed by atoms with van der Waals surface area (Å²) in [5.41, 5.74) is -3.77. The lowest BCUT2D eigenvalue weighted by molar-refractivity contribution is -0.330. The number of imide groups is 1. The zero-order valence-corrected chi connectivity index (χ0v) is 32.6. The van der Waals surface area contributed by atoms with Gasteiger partial charge in [-0.25, -0.2) is 9.69 Å². The summed E-state index contributed by atoms with van der Waals surface area (Å²) in [7, 11) is 5.07. The molecule has 14 atom stereocenters. The Kier molecular flexibility index (Phi) is 9.37. The van der Waals surface area contributed by atoms with Gasteiger partial charge in [-0.15, -0.1) is 0 Å². The van der Waals surface area contributed by atoms with Gasteiger partial charge in [0.15, 0.2) is 0 Å². The quantitative estimate of drug-likeness (QED) is 0.246. The minimum atomic E-state index is -1.59. The van der Waals surface area contributed by atoms with Gasteiger partial charge < -0.3 is 33.5 Å². The number of hydrogen-bond donors (Lipinski definition) is 1. The molecule has 13 nitrogen and oxygen atoms in total. The minimum absolute atomic E-state index is 0.0257. The van der Waals surface area contributed by atoms with Gasteiger partial charge >= 0.3 is 11.9 Å². The lowest BCUT2D eigenvalue weighted by atomic mass is 9.42. The molecule has 296 valence electrons. The second-order valence-electron chi connectivity index (χ2n) is 17.0. The van der Waals surface area contributed by atoms with E-state index in [1.807, 2.05) is 6.92 Å². The van der Waals surface area contributed by atoms with Crippen LogP contribution in [0, 0.1) is 40.4 Å². The van der Waals surface area contributed by atoms with E-state index in [1.165, 1.54) is 0 Å². The molecule has 1 spiro atoms. The Morgan fingerprint density at radius 2 is 1.80 bits per heavy atom. The molecule has 1 aromatic rings. The van der Waals surface area contributed by atoms with Crippen LogP contribution in [-0.2, 0) is 42.8 Å². The van der Waals surface area contributed by atoms with E-state index in [0.717, 1.165) is 4.90 Å². The van der Waals surface area contributed by atoms with Gasteiger partial charge in [-0.2, -0.15) is 0 Å². The molecule has 0 radical (unpaired) electrons. The van der Waals surface area contributed by atoms with E-state index >= 15 is 0 Å². The summed E-state index contributed by atoms with van der Waals surface area (Å²) in [5.74, 6) is -2.98. The number of esters is 2. The fourth-order valence-corrected chi connectivity index (χ4v) is 13.7. The third kappa shape index (κ3) is 4.59. The predicted molar refractivity (Wildman–Crippen MR) is 193 cm³/mol. The van der Waals surface area contributed by atoms with Crippen LogP contribution in [0.1, 0.15) is 76.6 Å². The number of ether oxygens (including phenoxy) is 6. The van der Waals surface area contributed by atoms with Crippen LogP contribution in [0.25, 0.3) is 0 Å². The van der Waals surface area contributed by atoms with Gasteiger partial charge in [-0.1, -0.05) is 32.9 Å². The van der Waals surface area contributed by atoms with Crippen molar-refractivity contribution in [2.24, 2.45) is 40.4 Å². The van der Waals surface area contributed by atoms with Crippen LogP contribution in [0.4, 0.5) is 5.69 Å². The molecule has 7 fully saturated rings. The molecule has 1 N–H and O–H groups in total. The molecule has 54 heavy (non-hydrogen) atoms. The molecular weight excluding hydrogens is 696 g/mol. The van der Waals surface area contributed by atoms with Crippen molar-refractivity contribution >= 4 is 29.4 Å². The summed E-state index contributed by atoms with van der Waals surface area (Å²) in [6, 6.07) is 6.17. The lowest BCUT2D eigenvalue weighted by Crippen LogP contribution is -2.82. The van der Waals surface area contributed by atoms with Gasteiger partial charge in [0.05, 0.1) is 42.2 Å². The average molecular weight is 753 g/mol. The number of benzene rings is 1. The van der Waals surface area contributed by atoms with Gasteiger partial charge in [0.2, 0.25) is 11.8 Å². The highest BCUT2D eigenvalue weighted by atomic mass is 16.6. The fraction of sp³-hybridized carbons (Fsp3) is 0.756. The summed E-state index contributed by atoms with van der Waals surface area (Å²) in [6.07, 6.45) is 0.831. The van der Waals surface area contributed by atoms with E-state index < -0.39 is 52.2 Å². The Balaban J connectivity index is 1.26. The highest BCUT2D eigenvalue weighted by Crippen LogP contribution is 2.81. The minimum Gasteiger partial charge on any atom is -0.462 e. The van der Waals surface area contributed by atoms with Gasteiger partial charge in [0, 0.05) is 88.2 Å². The Labute approximate surface area is 317 Å². The SMILES string of the molecule is CCO[C@]12C[C@H](OC)[C@H]3C[C@H]([C@@H]1[C@H]3OC(=O)CC)[C@@]13[C@@H](OC)CC[C@@]4(COC(=O)c5ccccc5N5C(=O)C[C@H](C)C5=O)CN(CC)[C@@H]1[C@]2(O)[C@@H](OC)[C@H]43. The standard InChI is InChI=1S/C41H56N2O11/c1-8-30(45)54-32-24-18-25-31(32)39(53-10-3,19-27(24)49-5)41(48)34(51-7)33-38(16-15-28(50-6)40(25,33)37(41)42(9-2)20-38)21-52-36(47)23-13-11-12-14-26(23)43-29(44)17-22(4)35(43)46/h11-14,22,24-25,27-28,31-34,37,48H,8-10,15-21H2,1-7H3/t22-,24+,25+,27-,28-,31+,32-,33+,34-,37-,38-,39+,40-,41+/m0/s1. The number of nitrogens with zero attached hydrogens (tertiary/aromatic N) is 2. The first-order chi connectivity index (χ1) is 25.9. The molecule has 5 saturated carbocycles. The number of aliphatic hydroxyl groups is 1. The Morgan fingerprint density at radius 3 is 2.43 bits per heavy atom. The van der Waals surface area contributed by atoms with Crippen LogP contribution in [0.5, 0.6) is 0 Å². The molecule has 7 bridgehead atoms. The van der Waals surface area contributed by atoms with Crippen molar-refractivity contribution in [1.29, 1.82) is 0 Å². The molecular formula is C41H56N2O11. The van der Waals surface area contributed by atoms with Gasteiger partial charge in [0.1, 0.15) is 17.3 Å². The first kappa shape index (κ1) is 38.0. The van der Waals surface area contributed by atoms with Crippen molar-refractivity contribution in [2.45, 2.75) is 108 Å². The summed E-state index contributed by atoms with van der Waals surface area (Å²) in [6.45, 7) is 9.03. The van der Waals surface area contributed by atoms with E-state index in [0.29, 0.717) is 45.4 Å². The number of piperidine rings is 1. The molecule has 7 aliphatic rings. The van der Waals surface area contributed by atoms with Crippen molar-refractivity contribution in [1.82, 2.24) is 4.90 Å².